The molecule has 0 fully saturated rings. The van der Waals surface area contributed by atoms with Crippen LogP contribution in [0, 0.1) is 0 Å². The van der Waals surface area contributed by atoms with Crippen molar-refractivity contribution in [3.05, 3.63) is 54.1 Å². The summed E-state index contributed by atoms with van der Waals surface area (Å²) < 4.78 is 1.76. The Hall–Kier alpha value is -2.18. The monoisotopic (exact) mass is 275 g/mol. The van der Waals surface area contributed by atoms with Gasteiger partial charge < -0.3 is 20.5 Å². The van der Waals surface area contributed by atoms with Crippen LogP contribution in [0.3, 0.4) is 0 Å². The highest BCUT2D eigenvalue weighted by Crippen LogP contribution is 2.18. The van der Waals surface area contributed by atoms with E-state index in [1.54, 1.807) is 17.1 Å². The first-order valence-electron chi connectivity index (χ1n) is 6.28. The van der Waals surface area contributed by atoms with Crippen molar-refractivity contribution in [3.8, 4) is 0 Å². The Balaban J connectivity index is 2.16. The van der Waals surface area contributed by atoms with Crippen LogP contribution >= 0.6 is 0 Å². The largest absolute Gasteiger partial charge is 0.480 e. The topological polar surface area (TPSA) is 101 Å². The third kappa shape index (κ3) is 3.23. The summed E-state index contributed by atoms with van der Waals surface area (Å²) in [6.07, 6.45) is 3.46. The van der Waals surface area contributed by atoms with Gasteiger partial charge in [-0.15, -0.1) is 0 Å². The predicted octanol–water partition coefficient (Wildman–Crippen LogP) is 0.419. The van der Waals surface area contributed by atoms with E-state index in [0.29, 0.717) is 5.69 Å². The normalized spacial score (nSPS) is 13.9. The van der Waals surface area contributed by atoms with Gasteiger partial charge >= 0.3 is 5.97 Å². The zero-order valence-corrected chi connectivity index (χ0v) is 10.9. The van der Waals surface area contributed by atoms with Crippen LogP contribution in [0.5, 0.6) is 0 Å². The lowest BCUT2D eigenvalue weighted by Crippen LogP contribution is -2.32. The number of aliphatic hydroxyl groups excluding tert-OH is 1. The number of aliphatic carboxylic acids is 1. The van der Waals surface area contributed by atoms with E-state index in [9.17, 15) is 9.90 Å². The Morgan fingerprint density at radius 3 is 2.65 bits per heavy atom. The molecular formula is C14H17N3O3. The number of benzene rings is 1. The lowest BCUT2D eigenvalue weighted by Gasteiger charge is -2.15. The molecule has 1 aromatic carbocycles. The Morgan fingerprint density at radius 2 is 2.05 bits per heavy atom. The first-order valence-corrected chi connectivity index (χ1v) is 6.28. The van der Waals surface area contributed by atoms with Crippen molar-refractivity contribution in [1.82, 2.24) is 9.55 Å². The van der Waals surface area contributed by atoms with Crippen LogP contribution in [-0.2, 0) is 11.2 Å². The van der Waals surface area contributed by atoms with Crippen LogP contribution in [0.4, 0.5) is 0 Å². The molecule has 0 bridgehead atoms. The van der Waals surface area contributed by atoms with E-state index in [4.69, 9.17) is 10.8 Å². The van der Waals surface area contributed by atoms with Gasteiger partial charge in [-0.1, -0.05) is 30.3 Å². The van der Waals surface area contributed by atoms with Gasteiger partial charge in [-0.3, -0.25) is 4.79 Å². The molecule has 0 radical (unpaired) electrons. The molecule has 0 aliphatic rings. The minimum atomic E-state index is -1.05. The summed E-state index contributed by atoms with van der Waals surface area (Å²) in [4.78, 5) is 14.9. The summed E-state index contributed by atoms with van der Waals surface area (Å²) in [5.41, 5.74) is 7.03. The van der Waals surface area contributed by atoms with Gasteiger partial charge in [0.1, 0.15) is 6.04 Å². The summed E-state index contributed by atoms with van der Waals surface area (Å²) in [7, 11) is 0. The number of aliphatic hydroxyl groups is 1. The first kappa shape index (κ1) is 14.2. The summed E-state index contributed by atoms with van der Waals surface area (Å²) in [6.45, 7) is -0.0647. The third-order valence-corrected chi connectivity index (χ3v) is 3.12. The second kappa shape index (κ2) is 6.31. The number of imidazole rings is 1. The number of hydrogen-bond donors (Lipinski definition) is 3. The van der Waals surface area contributed by atoms with Crippen LogP contribution in [0.1, 0.15) is 17.3 Å². The van der Waals surface area contributed by atoms with Crippen LogP contribution in [0.25, 0.3) is 0 Å². The molecule has 1 unspecified atom stereocenters. The van der Waals surface area contributed by atoms with Crippen LogP contribution in [0.2, 0.25) is 0 Å². The van der Waals surface area contributed by atoms with Gasteiger partial charge in [0.25, 0.3) is 0 Å². The van der Waals surface area contributed by atoms with E-state index in [2.05, 4.69) is 4.98 Å². The van der Waals surface area contributed by atoms with Crippen LogP contribution < -0.4 is 5.73 Å². The van der Waals surface area contributed by atoms with E-state index < -0.39 is 12.0 Å². The van der Waals surface area contributed by atoms with E-state index >= 15 is 0 Å². The average molecular weight is 275 g/mol. The van der Waals surface area contributed by atoms with Crippen molar-refractivity contribution in [3.63, 3.8) is 0 Å². The maximum Gasteiger partial charge on any atom is 0.320 e. The minimum absolute atomic E-state index is 0.0647. The number of nitrogens with two attached hydrogens (primary N) is 1. The molecule has 1 heterocycles. The van der Waals surface area contributed by atoms with Gasteiger partial charge in [0.05, 0.1) is 24.7 Å². The van der Waals surface area contributed by atoms with E-state index in [0.717, 1.165) is 5.56 Å². The number of nitrogens with zero attached hydrogens (tertiary/aromatic N) is 2. The molecule has 0 aliphatic carbocycles. The third-order valence-electron chi connectivity index (χ3n) is 3.12. The molecule has 4 N–H and O–H groups in total. The highest BCUT2D eigenvalue weighted by molar-refractivity contribution is 5.73. The molecule has 0 saturated carbocycles. The maximum absolute atomic E-state index is 10.7. The van der Waals surface area contributed by atoms with Crippen molar-refractivity contribution >= 4 is 5.97 Å². The number of carboxylic acids is 1. The highest BCUT2D eigenvalue weighted by atomic mass is 16.4. The van der Waals surface area contributed by atoms with Gasteiger partial charge in [0, 0.05) is 12.6 Å². The van der Waals surface area contributed by atoms with E-state index in [1.807, 2.05) is 30.3 Å². The van der Waals surface area contributed by atoms with E-state index in [1.165, 1.54) is 0 Å². The zero-order chi connectivity index (χ0) is 14.5. The Labute approximate surface area is 116 Å². The van der Waals surface area contributed by atoms with Gasteiger partial charge in [-0.2, -0.15) is 0 Å². The fourth-order valence-corrected chi connectivity index (χ4v) is 2.02. The number of rotatable bonds is 6. The summed E-state index contributed by atoms with van der Waals surface area (Å²) >= 11 is 0. The zero-order valence-electron chi connectivity index (χ0n) is 10.9. The van der Waals surface area contributed by atoms with Gasteiger partial charge in [0.15, 0.2) is 0 Å². The molecule has 2 rings (SSSR count). The molecule has 2 aromatic rings. The van der Waals surface area contributed by atoms with Crippen LogP contribution in [0.15, 0.2) is 42.9 Å². The molecular weight excluding hydrogens is 258 g/mol. The fraction of sp³-hybridized carbons (Fsp3) is 0.286. The summed E-state index contributed by atoms with van der Waals surface area (Å²) in [6, 6.07) is 8.34. The molecule has 0 saturated heterocycles. The quantitative estimate of drug-likeness (QED) is 0.709. The molecule has 0 spiro atoms. The Bertz CT molecular complexity index is 568. The minimum Gasteiger partial charge on any atom is -0.480 e. The number of aromatic nitrogens is 2. The second-order valence-electron chi connectivity index (χ2n) is 4.57. The van der Waals surface area contributed by atoms with Crippen molar-refractivity contribution < 1.29 is 15.0 Å². The van der Waals surface area contributed by atoms with Crippen molar-refractivity contribution in [2.75, 3.05) is 6.61 Å². The first-order chi connectivity index (χ1) is 9.61. The number of carboxylic acid groups (broad SMARTS) is 1. The standard InChI is InChI=1S/C14H17N3O3/c15-12(14(19)20)6-11-7-17(9-16-11)13(8-18)10-4-2-1-3-5-10/h1-5,7,9,12-13,18H,6,8,15H2,(H,19,20)/t12-,13?/m0/s1. The number of carbonyl (C=O) groups is 1. The predicted molar refractivity (Wildman–Crippen MR) is 73.2 cm³/mol. The van der Waals surface area contributed by atoms with Gasteiger partial charge in [-0.25, -0.2) is 4.98 Å². The molecule has 0 amide bonds. The molecule has 2 atom stereocenters. The van der Waals surface area contributed by atoms with Crippen molar-refractivity contribution in [2.24, 2.45) is 5.73 Å². The van der Waals surface area contributed by atoms with Crippen LogP contribution in [-0.4, -0.2) is 38.4 Å². The Morgan fingerprint density at radius 1 is 1.35 bits per heavy atom. The lowest BCUT2D eigenvalue weighted by molar-refractivity contribution is -0.138. The SMILES string of the molecule is N[C@@H](Cc1cn(C(CO)c2ccccc2)cn1)C(=O)O. The smallest absolute Gasteiger partial charge is 0.320 e. The van der Waals surface area contributed by atoms with E-state index in [-0.39, 0.29) is 19.1 Å². The Kier molecular flexibility index (Phi) is 4.49. The molecule has 6 nitrogen and oxygen atoms in total. The fourth-order valence-electron chi connectivity index (χ4n) is 2.02. The second-order valence-corrected chi connectivity index (χ2v) is 4.57. The summed E-state index contributed by atoms with van der Waals surface area (Å²) in [5.74, 6) is -1.05. The van der Waals surface area contributed by atoms with Gasteiger partial charge in [0.2, 0.25) is 0 Å². The molecule has 6 heteroatoms. The maximum atomic E-state index is 10.7. The molecule has 1 aromatic heterocycles. The molecule has 106 valence electrons. The number of hydrogen-bond acceptors (Lipinski definition) is 4. The van der Waals surface area contributed by atoms with Crippen molar-refractivity contribution in [1.29, 1.82) is 0 Å². The van der Waals surface area contributed by atoms with Crippen molar-refractivity contribution in [2.45, 2.75) is 18.5 Å². The average Bonchev–Trinajstić information content (AvgIpc) is 2.89. The molecule has 0 aliphatic heterocycles. The van der Waals surface area contributed by atoms with Gasteiger partial charge in [-0.05, 0) is 5.56 Å². The highest BCUT2D eigenvalue weighted by Gasteiger charge is 2.16. The lowest BCUT2D eigenvalue weighted by atomic mass is 10.1. The summed E-state index contributed by atoms with van der Waals surface area (Å²) in [5, 5.41) is 18.3. The molecule has 20 heavy (non-hydrogen) atoms.